The monoisotopic (exact) mass is 407 g/mol. The third-order valence-electron chi connectivity index (χ3n) is 4.50. The van der Waals surface area contributed by atoms with Crippen LogP contribution in [0.2, 0.25) is 5.02 Å². The van der Waals surface area contributed by atoms with Gasteiger partial charge in [-0.15, -0.1) is 0 Å². The Labute approximate surface area is 164 Å². The van der Waals surface area contributed by atoms with Gasteiger partial charge in [-0.2, -0.15) is 11.8 Å². The zero-order valence-electron chi connectivity index (χ0n) is 14.1. The normalized spacial score (nSPS) is 25.3. The largest absolute Gasteiger partial charge is 0.387 e. The molecule has 0 amide bonds. The first-order valence-electron chi connectivity index (χ1n) is 8.32. The fourth-order valence-corrected chi connectivity index (χ4v) is 4.43. The molecule has 3 heterocycles. The molecule has 0 unspecified atom stereocenters. The van der Waals surface area contributed by atoms with Gasteiger partial charge >= 0.3 is 0 Å². The number of nitrogens with zero attached hydrogens (tertiary/aromatic N) is 4. The summed E-state index contributed by atoms with van der Waals surface area (Å²) >= 11 is 7.74. The van der Waals surface area contributed by atoms with Crippen LogP contribution in [0.5, 0.6) is 0 Å². The summed E-state index contributed by atoms with van der Waals surface area (Å²) in [6.45, 7) is 0. The molecule has 0 bridgehead atoms. The summed E-state index contributed by atoms with van der Waals surface area (Å²) < 4.78 is 7.48. The lowest BCUT2D eigenvalue weighted by molar-refractivity contribution is -0.0289. The average molecular weight is 408 g/mol. The maximum Gasteiger partial charge on any atom is 0.167 e. The number of thioether (sulfide) groups is 1. The SMILES string of the molecule is Nc1ncnc2c1ncn2[C@@H]1O[C@H](CSCc2ccccc2Cl)[C@@H](O)[C@H]1O. The summed E-state index contributed by atoms with van der Waals surface area (Å²) in [5.41, 5.74) is 7.69. The van der Waals surface area contributed by atoms with Gasteiger partial charge in [-0.3, -0.25) is 4.57 Å². The fourth-order valence-electron chi connectivity index (χ4n) is 3.05. The van der Waals surface area contributed by atoms with Gasteiger partial charge in [-0.25, -0.2) is 15.0 Å². The number of aliphatic hydroxyl groups excluding tert-OH is 2. The number of benzene rings is 1. The summed E-state index contributed by atoms with van der Waals surface area (Å²) in [7, 11) is 0. The van der Waals surface area contributed by atoms with E-state index in [2.05, 4.69) is 15.0 Å². The van der Waals surface area contributed by atoms with Gasteiger partial charge in [-0.05, 0) is 11.6 Å². The van der Waals surface area contributed by atoms with Crippen LogP contribution in [0.3, 0.4) is 0 Å². The maximum absolute atomic E-state index is 10.5. The van der Waals surface area contributed by atoms with E-state index in [4.69, 9.17) is 22.1 Å². The Hall–Kier alpha value is -1.91. The van der Waals surface area contributed by atoms with E-state index in [-0.39, 0.29) is 5.82 Å². The molecule has 10 heteroatoms. The minimum absolute atomic E-state index is 0.249. The van der Waals surface area contributed by atoms with Crippen molar-refractivity contribution in [2.75, 3.05) is 11.5 Å². The van der Waals surface area contributed by atoms with Crippen LogP contribution in [0.15, 0.2) is 36.9 Å². The Morgan fingerprint density at radius 1 is 1.19 bits per heavy atom. The predicted molar refractivity (Wildman–Crippen MR) is 103 cm³/mol. The van der Waals surface area contributed by atoms with E-state index in [1.165, 1.54) is 12.7 Å². The van der Waals surface area contributed by atoms with E-state index in [1.807, 2.05) is 24.3 Å². The van der Waals surface area contributed by atoms with Crippen LogP contribution in [0, 0.1) is 0 Å². The number of nitrogens with two attached hydrogens (primary N) is 1. The molecule has 4 N–H and O–H groups in total. The number of ether oxygens (including phenoxy) is 1. The number of rotatable bonds is 5. The topological polar surface area (TPSA) is 119 Å². The van der Waals surface area contributed by atoms with Crippen molar-refractivity contribution in [3.05, 3.63) is 47.5 Å². The molecule has 3 aromatic rings. The highest BCUT2D eigenvalue weighted by atomic mass is 35.5. The van der Waals surface area contributed by atoms with Crippen LogP contribution in [-0.2, 0) is 10.5 Å². The smallest absolute Gasteiger partial charge is 0.167 e. The second-order valence-electron chi connectivity index (χ2n) is 6.24. The number of imidazole rings is 1. The molecular formula is C17H18ClN5O3S. The summed E-state index contributed by atoms with van der Waals surface area (Å²) in [5.74, 6) is 1.44. The Morgan fingerprint density at radius 3 is 2.81 bits per heavy atom. The molecule has 1 aromatic carbocycles. The van der Waals surface area contributed by atoms with Crippen molar-refractivity contribution in [2.45, 2.75) is 30.3 Å². The van der Waals surface area contributed by atoms with Gasteiger partial charge in [0.1, 0.15) is 24.1 Å². The zero-order chi connectivity index (χ0) is 19.0. The third-order valence-corrected chi connectivity index (χ3v) is 5.94. The lowest BCUT2D eigenvalue weighted by Crippen LogP contribution is -2.32. The summed E-state index contributed by atoms with van der Waals surface area (Å²) in [6, 6.07) is 7.61. The molecule has 1 aliphatic rings. The van der Waals surface area contributed by atoms with Crippen LogP contribution in [0.4, 0.5) is 5.82 Å². The molecule has 27 heavy (non-hydrogen) atoms. The molecule has 4 rings (SSSR count). The second kappa shape index (κ2) is 7.61. The van der Waals surface area contributed by atoms with Gasteiger partial charge in [-0.1, -0.05) is 29.8 Å². The molecule has 1 saturated heterocycles. The van der Waals surface area contributed by atoms with Crippen LogP contribution in [-0.4, -0.2) is 53.8 Å². The highest BCUT2D eigenvalue weighted by molar-refractivity contribution is 7.98. The van der Waals surface area contributed by atoms with Gasteiger partial charge in [0.05, 0.1) is 12.4 Å². The van der Waals surface area contributed by atoms with Crippen LogP contribution in [0.25, 0.3) is 11.2 Å². The number of nitrogen functional groups attached to an aromatic ring is 1. The van der Waals surface area contributed by atoms with Gasteiger partial charge in [0.15, 0.2) is 17.7 Å². The number of hydrogen-bond donors (Lipinski definition) is 3. The second-order valence-corrected chi connectivity index (χ2v) is 7.67. The molecule has 0 spiro atoms. The van der Waals surface area contributed by atoms with Gasteiger partial charge in [0, 0.05) is 16.5 Å². The van der Waals surface area contributed by atoms with Crippen molar-refractivity contribution in [3.63, 3.8) is 0 Å². The van der Waals surface area contributed by atoms with Gasteiger partial charge in [0.2, 0.25) is 0 Å². The molecule has 2 aromatic heterocycles. The highest BCUT2D eigenvalue weighted by Gasteiger charge is 2.44. The lowest BCUT2D eigenvalue weighted by Gasteiger charge is -2.16. The Morgan fingerprint density at radius 2 is 2.00 bits per heavy atom. The van der Waals surface area contributed by atoms with Crippen molar-refractivity contribution < 1.29 is 14.9 Å². The van der Waals surface area contributed by atoms with Crippen molar-refractivity contribution >= 4 is 40.3 Å². The standard InChI is InChI=1S/C17H18ClN5O3S/c18-10-4-2-1-3-9(10)5-27-6-11-13(24)14(25)17(26-11)23-8-22-12-15(19)20-7-21-16(12)23/h1-4,7-8,11,13-14,17,24-25H,5-6H2,(H2,19,20,21)/t11-,13-,14-,17-/m1/s1. The van der Waals surface area contributed by atoms with E-state index >= 15 is 0 Å². The van der Waals surface area contributed by atoms with Gasteiger partial charge < -0.3 is 20.7 Å². The van der Waals surface area contributed by atoms with E-state index in [1.54, 1.807) is 16.3 Å². The van der Waals surface area contributed by atoms with Crippen molar-refractivity contribution in [1.82, 2.24) is 19.5 Å². The molecule has 0 aliphatic carbocycles. The molecular weight excluding hydrogens is 390 g/mol. The first-order chi connectivity index (χ1) is 13.1. The maximum atomic E-state index is 10.5. The minimum atomic E-state index is -1.11. The number of halogens is 1. The van der Waals surface area contributed by atoms with E-state index in [0.29, 0.717) is 27.7 Å². The third kappa shape index (κ3) is 3.48. The van der Waals surface area contributed by atoms with E-state index in [0.717, 1.165) is 5.56 Å². The molecule has 1 fully saturated rings. The quantitative estimate of drug-likeness (QED) is 0.583. The van der Waals surface area contributed by atoms with Crippen molar-refractivity contribution in [1.29, 1.82) is 0 Å². The molecule has 1 aliphatic heterocycles. The average Bonchev–Trinajstić information content (AvgIpc) is 3.21. The van der Waals surface area contributed by atoms with E-state index < -0.39 is 24.5 Å². The highest BCUT2D eigenvalue weighted by Crippen LogP contribution is 2.34. The number of aliphatic hydroxyl groups is 2. The zero-order valence-corrected chi connectivity index (χ0v) is 15.7. The summed E-state index contributed by atoms with van der Waals surface area (Å²) in [5, 5.41) is 21.6. The summed E-state index contributed by atoms with van der Waals surface area (Å²) in [6.07, 6.45) is -0.658. The molecule has 0 saturated carbocycles. The number of anilines is 1. The van der Waals surface area contributed by atoms with Crippen LogP contribution in [0.1, 0.15) is 11.8 Å². The Kier molecular flexibility index (Phi) is 5.20. The Balaban J connectivity index is 1.46. The number of fused-ring (bicyclic) bond motifs is 1. The Bertz CT molecular complexity index is 955. The number of hydrogen-bond acceptors (Lipinski definition) is 8. The van der Waals surface area contributed by atoms with Gasteiger partial charge in [0.25, 0.3) is 0 Å². The summed E-state index contributed by atoms with van der Waals surface area (Å²) in [4.78, 5) is 12.2. The lowest BCUT2D eigenvalue weighted by atomic mass is 10.1. The molecule has 8 nitrogen and oxygen atoms in total. The first kappa shape index (κ1) is 18.5. The number of aromatic nitrogens is 4. The first-order valence-corrected chi connectivity index (χ1v) is 9.85. The fraction of sp³-hybridized carbons (Fsp3) is 0.353. The molecule has 0 radical (unpaired) electrons. The van der Waals surface area contributed by atoms with E-state index in [9.17, 15) is 10.2 Å². The minimum Gasteiger partial charge on any atom is -0.387 e. The van der Waals surface area contributed by atoms with Crippen LogP contribution >= 0.6 is 23.4 Å². The molecule has 4 atom stereocenters. The predicted octanol–water partition coefficient (Wildman–Crippen LogP) is 1.61. The van der Waals surface area contributed by atoms with Crippen LogP contribution < -0.4 is 5.73 Å². The van der Waals surface area contributed by atoms with Crippen molar-refractivity contribution in [3.8, 4) is 0 Å². The molecule has 142 valence electrons. The van der Waals surface area contributed by atoms with Crippen molar-refractivity contribution in [2.24, 2.45) is 0 Å².